The van der Waals surface area contributed by atoms with Crippen LogP contribution in [0.3, 0.4) is 0 Å². The minimum Gasteiger partial charge on any atom is -0.507 e. The number of aryl methyl sites for hydroxylation is 1. The van der Waals surface area contributed by atoms with Gasteiger partial charge in [0, 0.05) is 69.5 Å². The quantitative estimate of drug-likeness (QED) is 0.352. The molecule has 1 aliphatic heterocycles. The zero-order valence-corrected chi connectivity index (χ0v) is 23.4. The second kappa shape index (κ2) is 10.5. The molecular weight excluding hydrogens is 517 g/mol. The van der Waals surface area contributed by atoms with Crippen molar-refractivity contribution in [3.05, 3.63) is 82.4 Å². The molecule has 3 heterocycles. The van der Waals surface area contributed by atoms with Crippen LogP contribution in [0.5, 0.6) is 5.75 Å². The Kier molecular flexibility index (Phi) is 7.27. The first-order chi connectivity index (χ1) is 18.5. The van der Waals surface area contributed by atoms with Crippen LogP contribution in [-0.4, -0.2) is 56.8 Å². The number of hydrogen-bond donors (Lipinski definition) is 1. The van der Waals surface area contributed by atoms with E-state index in [-0.39, 0.29) is 16.9 Å². The van der Waals surface area contributed by atoms with Gasteiger partial charge in [0.25, 0.3) is 0 Å². The lowest BCUT2D eigenvalue weighted by Crippen LogP contribution is -2.48. The Hall–Kier alpha value is -3.62. The molecule has 0 spiro atoms. The van der Waals surface area contributed by atoms with Crippen LogP contribution in [0.15, 0.2) is 65.8 Å². The van der Waals surface area contributed by atoms with Crippen LogP contribution in [0.1, 0.15) is 20.8 Å². The fourth-order valence-corrected chi connectivity index (χ4v) is 5.39. The van der Waals surface area contributed by atoms with Crippen molar-refractivity contribution in [3.8, 4) is 33.7 Å². The van der Waals surface area contributed by atoms with Crippen LogP contribution in [0.25, 0.3) is 27.9 Å². The SMILES string of the molecule is Cn1ccn(-c2ccc(-c3cc(F)cc(-c4ccnc(N5CCN(CC(C)(C)C)CC5)c4)c3O)cc2Cl)c1=O. The molecule has 0 saturated carbocycles. The summed E-state index contributed by atoms with van der Waals surface area (Å²) in [6.45, 7) is 11.4. The number of pyridine rings is 1. The molecule has 0 aliphatic carbocycles. The lowest BCUT2D eigenvalue weighted by Gasteiger charge is -2.38. The van der Waals surface area contributed by atoms with Crippen LogP contribution in [0, 0.1) is 11.2 Å². The number of imidazole rings is 1. The maximum Gasteiger partial charge on any atom is 0.332 e. The standard InChI is InChI=1S/C30H33ClFN5O2/c1-30(2,3)19-35-10-12-36(13-11-35)27-16-21(7-8-33-27)24-18-22(32)17-23(28(24)38)20-5-6-26(25(31)15-20)37-14-9-34(4)29(37)39/h5-9,14-18,38H,10-13,19H2,1-4H3. The van der Waals surface area contributed by atoms with Gasteiger partial charge in [-0.1, -0.05) is 38.4 Å². The van der Waals surface area contributed by atoms with Gasteiger partial charge in [0.2, 0.25) is 0 Å². The van der Waals surface area contributed by atoms with Crippen LogP contribution < -0.4 is 10.6 Å². The monoisotopic (exact) mass is 549 g/mol. The van der Waals surface area contributed by atoms with Gasteiger partial charge in [-0.05, 0) is 52.9 Å². The first kappa shape index (κ1) is 27.0. The topological polar surface area (TPSA) is 66.5 Å². The van der Waals surface area contributed by atoms with Gasteiger partial charge in [0.05, 0.1) is 10.7 Å². The average Bonchev–Trinajstić information content (AvgIpc) is 3.22. The Balaban J connectivity index is 1.43. The van der Waals surface area contributed by atoms with Crippen molar-refractivity contribution in [1.82, 2.24) is 19.0 Å². The van der Waals surface area contributed by atoms with Gasteiger partial charge in [-0.2, -0.15) is 0 Å². The first-order valence-electron chi connectivity index (χ1n) is 13.0. The van der Waals surface area contributed by atoms with Gasteiger partial charge in [0.15, 0.2) is 0 Å². The van der Waals surface area contributed by atoms with E-state index in [9.17, 15) is 14.3 Å². The zero-order valence-electron chi connectivity index (χ0n) is 22.7. The van der Waals surface area contributed by atoms with Gasteiger partial charge in [-0.25, -0.2) is 14.2 Å². The molecule has 0 bridgehead atoms. The summed E-state index contributed by atoms with van der Waals surface area (Å²) in [6, 6.07) is 11.3. The highest BCUT2D eigenvalue weighted by atomic mass is 35.5. The van der Waals surface area contributed by atoms with E-state index in [1.54, 1.807) is 49.9 Å². The Morgan fingerprint density at radius 1 is 0.974 bits per heavy atom. The molecule has 39 heavy (non-hydrogen) atoms. The number of piperazine rings is 1. The Morgan fingerprint density at radius 3 is 2.23 bits per heavy atom. The lowest BCUT2D eigenvalue weighted by molar-refractivity contribution is 0.182. The number of benzene rings is 2. The molecule has 0 unspecified atom stereocenters. The van der Waals surface area contributed by atoms with E-state index in [4.69, 9.17) is 11.6 Å². The molecule has 0 atom stereocenters. The van der Waals surface area contributed by atoms with Crippen molar-refractivity contribution in [2.24, 2.45) is 12.5 Å². The van der Waals surface area contributed by atoms with Crippen molar-refractivity contribution in [2.75, 3.05) is 37.6 Å². The van der Waals surface area contributed by atoms with Crippen molar-refractivity contribution < 1.29 is 9.50 Å². The molecule has 0 radical (unpaired) electrons. The molecule has 2 aromatic carbocycles. The number of phenols is 1. The minimum atomic E-state index is -0.480. The number of phenolic OH excluding ortho intramolecular Hbond substituents is 1. The molecule has 4 aromatic rings. The number of anilines is 1. The van der Waals surface area contributed by atoms with E-state index in [0.717, 1.165) is 38.5 Å². The van der Waals surface area contributed by atoms with Crippen molar-refractivity contribution >= 4 is 17.4 Å². The van der Waals surface area contributed by atoms with Gasteiger partial charge in [-0.3, -0.25) is 9.47 Å². The third-order valence-electron chi connectivity index (χ3n) is 6.99. The summed E-state index contributed by atoms with van der Waals surface area (Å²) in [5, 5.41) is 11.6. The van der Waals surface area contributed by atoms with Crippen LogP contribution in [0.2, 0.25) is 5.02 Å². The third kappa shape index (κ3) is 5.72. The zero-order chi connectivity index (χ0) is 27.9. The highest BCUT2D eigenvalue weighted by molar-refractivity contribution is 6.32. The number of nitrogens with zero attached hydrogens (tertiary/aromatic N) is 5. The van der Waals surface area contributed by atoms with Gasteiger partial charge >= 0.3 is 5.69 Å². The Morgan fingerprint density at radius 2 is 1.64 bits per heavy atom. The Bertz CT molecular complexity index is 1560. The third-order valence-corrected chi connectivity index (χ3v) is 7.29. The normalized spacial score (nSPS) is 14.7. The molecule has 204 valence electrons. The molecule has 5 rings (SSSR count). The van der Waals surface area contributed by atoms with Gasteiger partial charge in [-0.15, -0.1) is 0 Å². The van der Waals surface area contributed by atoms with E-state index in [2.05, 4.69) is 35.6 Å². The maximum absolute atomic E-state index is 14.9. The van der Waals surface area contributed by atoms with E-state index < -0.39 is 5.82 Å². The highest BCUT2D eigenvalue weighted by Crippen LogP contribution is 2.41. The molecule has 1 saturated heterocycles. The summed E-state index contributed by atoms with van der Waals surface area (Å²) in [5.74, 6) is 0.268. The molecule has 0 amide bonds. The fourth-order valence-electron chi connectivity index (χ4n) is 5.12. The largest absolute Gasteiger partial charge is 0.507 e. The number of rotatable bonds is 5. The van der Waals surface area contributed by atoms with Crippen molar-refractivity contribution in [3.63, 3.8) is 0 Å². The Labute approximate surface area is 232 Å². The number of aromatic nitrogens is 3. The van der Waals surface area contributed by atoms with Crippen LogP contribution >= 0.6 is 11.6 Å². The predicted molar refractivity (Wildman–Crippen MR) is 154 cm³/mol. The van der Waals surface area contributed by atoms with E-state index >= 15 is 0 Å². The molecule has 9 heteroatoms. The molecule has 1 N–H and O–H groups in total. The fraction of sp³-hybridized carbons (Fsp3) is 0.333. The summed E-state index contributed by atoms with van der Waals surface area (Å²) in [5.41, 5.74) is 2.42. The molecular formula is C30H33ClFN5O2. The second-order valence-corrected chi connectivity index (χ2v) is 11.7. The summed E-state index contributed by atoms with van der Waals surface area (Å²) < 4.78 is 17.8. The van der Waals surface area contributed by atoms with E-state index in [1.165, 1.54) is 21.3 Å². The first-order valence-corrected chi connectivity index (χ1v) is 13.4. The van der Waals surface area contributed by atoms with Crippen LogP contribution in [0.4, 0.5) is 10.2 Å². The highest BCUT2D eigenvalue weighted by Gasteiger charge is 2.23. The number of halogens is 2. The summed E-state index contributed by atoms with van der Waals surface area (Å²) >= 11 is 6.53. The molecule has 1 aliphatic rings. The van der Waals surface area contributed by atoms with Gasteiger partial charge < -0.3 is 14.6 Å². The van der Waals surface area contributed by atoms with Crippen molar-refractivity contribution in [2.45, 2.75) is 20.8 Å². The van der Waals surface area contributed by atoms with Crippen molar-refractivity contribution in [1.29, 1.82) is 0 Å². The summed E-state index contributed by atoms with van der Waals surface area (Å²) in [7, 11) is 1.66. The second-order valence-electron chi connectivity index (χ2n) is 11.3. The number of hydrogen-bond acceptors (Lipinski definition) is 5. The van der Waals surface area contributed by atoms with E-state index in [0.29, 0.717) is 33.0 Å². The summed E-state index contributed by atoms with van der Waals surface area (Å²) in [6.07, 6.45) is 4.97. The predicted octanol–water partition coefficient (Wildman–Crippen LogP) is 5.57. The minimum absolute atomic E-state index is 0.0516. The molecule has 1 fully saturated rings. The summed E-state index contributed by atoms with van der Waals surface area (Å²) in [4.78, 5) is 21.6. The number of aromatic hydroxyl groups is 1. The van der Waals surface area contributed by atoms with Crippen LogP contribution in [-0.2, 0) is 7.05 Å². The van der Waals surface area contributed by atoms with Gasteiger partial charge in [0.1, 0.15) is 17.4 Å². The van der Waals surface area contributed by atoms with E-state index in [1.807, 2.05) is 6.07 Å². The molecule has 2 aromatic heterocycles. The smallest absolute Gasteiger partial charge is 0.332 e. The average molecular weight is 550 g/mol. The lowest BCUT2D eigenvalue weighted by atomic mass is 9.95. The maximum atomic E-state index is 14.9. The molecule has 7 nitrogen and oxygen atoms in total.